The third-order valence-electron chi connectivity index (χ3n) is 2.62. The second kappa shape index (κ2) is 5.00. The molecule has 5 heteroatoms. The zero-order valence-corrected chi connectivity index (χ0v) is 9.93. The van der Waals surface area contributed by atoms with Gasteiger partial charge in [0.2, 0.25) is 0 Å². The Labute approximate surface area is 104 Å². The quantitative estimate of drug-likeness (QED) is 0.905. The fourth-order valence-electron chi connectivity index (χ4n) is 1.84. The molecule has 0 radical (unpaired) electrons. The molecule has 0 aliphatic carbocycles. The third kappa shape index (κ3) is 2.25. The highest BCUT2D eigenvalue weighted by molar-refractivity contribution is 5.96. The van der Waals surface area contributed by atoms with Crippen LogP contribution in [-0.2, 0) is 6.54 Å². The molecular weight excluding hydrogens is 235 g/mol. The lowest BCUT2D eigenvalue weighted by molar-refractivity contribution is 0.0693. The summed E-state index contributed by atoms with van der Waals surface area (Å²) in [5, 5.41) is 13.2. The lowest BCUT2D eigenvalue weighted by Crippen LogP contribution is -2.03. The minimum atomic E-state index is -1.27. The average molecular weight is 248 g/mol. The molecule has 0 unspecified atom stereocenters. The van der Waals surface area contributed by atoms with Gasteiger partial charge in [-0.05, 0) is 12.5 Å². The number of carboxylic acid groups (broad SMARTS) is 1. The van der Waals surface area contributed by atoms with E-state index < -0.39 is 11.8 Å². The summed E-state index contributed by atoms with van der Waals surface area (Å²) >= 11 is 0. The van der Waals surface area contributed by atoms with Crippen molar-refractivity contribution in [2.45, 2.75) is 19.9 Å². The van der Waals surface area contributed by atoms with Crippen LogP contribution in [0, 0.1) is 5.82 Å². The standard InChI is InChI=1S/C13H13FN2O2/c1-2-6-16-8-9(7-15-16)10-4-3-5-11(14)12(10)13(17)18/h3-5,7-8H,2,6H2,1H3,(H,17,18). The number of benzene rings is 1. The maximum Gasteiger partial charge on any atom is 0.339 e. The van der Waals surface area contributed by atoms with Gasteiger partial charge in [-0.15, -0.1) is 0 Å². The number of aromatic nitrogens is 2. The molecule has 94 valence electrons. The van der Waals surface area contributed by atoms with E-state index in [4.69, 9.17) is 5.11 Å². The molecule has 0 atom stereocenters. The molecule has 2 aromatic rings. The minimum Gasteiger partial charge on any atom is -0.478 e. The molecule has 1 N–H and O–H groups in total. The van der Waals surface area contributed by atoms with Gasteiger partial charge in [0.05, 0.1) is 6.20 Å². The molecule has 0 amide bonds. The smallest absolute Gasteiger partial charge is 0.339 e. The Hall–Kier alpha value is -2.17. The predicted molar refractivity (Wildman–Crippen MR) is 64.9 cm³/mol. The highest BCUT2D eigenvalue weighted by Gasteiger charge is 2.17. The lowest BCUT2D eigenvalue weighted by Gasteiger charge is -2.04. The van der Waals surface area contributed by atoms with Crippen LogP contribution in [0.25, 0.3) is 11.1 Å². The minimum absolute atomic E-state index is 0.312. The van der Waals surface area contributed by atoms with E-state index in [2.05, 4.69) is 5.10 Å². The van der Waals surface area contributed by atoms with Crippen LogP contribution < -0.4 is 0 Å². The summed E-state index contributed by atoms with van der Waals surface area (Å²) in [5.41, 5.74) is 0.652. The zero-order chi connectivity index (χ0) is 13.1. The first kappa shape index (κ1) is 12.3. The number of carbonyl (C=O) groups is 1. The Bertz CT molecular complexity index is 578. The Kier molecular flexibility index (Phi) is 3.41. The van der Waals surface area contributed by atoms with Crippen molar-refractivity contribution < 1.29 is 14.3 Å². The fourth-order valence-corrected chi connectivity index (χ4v) is 1.84. The van der Waals surface area contributed by atoms with E-state index in [0.717, 1.165) is 19.0 Å². The van der Waals surface area contributed by atoms with E-state index in [-0.39, 0.29) is 5.56 Å². The van der Waals surface area contributed by atoms with Crippen LogP contribution in [0.5, 0.6) is 0 Å². The molecule has 0 saturated carbocycles. The first-order valence-electron chi connectivity index (χ1n) is 5.68. The van der Waals surface area contributed by atoms with Crippen molar-refractivity contribution >= 4 is 5.97 Å². The van der Waals surface area contributed by atoms with Gasteiger partial charge < -0.3 is 5.11 Å². The molecule has 1 heterocycles. The van der Waals surface area contributed by atoms with Gasteiger partial charge in [-0.3, -0.25) is 4.68 Å². The number of aryl methyl sites for hydroxylation is 1. The van der Waals surface area contributed by atoms with Crippen molar-refractivity contribution in [3.8, 4) is 11.1 Å². The fraction of sp³-hybridized carbons (Fsp3) is 0.231. The van der Waals surface area contributed by atoms with Crippen molar-refractivity contribution in [2.75, 3.05) is 0 Å². The van der Waals surface area contributed by atoms with Gasteiger partial charge in [-0.25, -0.2) is 9.18 Å². The maximum absolute atomic E-state index is 13.5. The summed E-state index contributed by atoms with van der Waals surface area (Å²) in [6.07, 6.45) is 4.21. The summed E-state index contributed by atoms with van der Waals surface area (Å²) < 4.78 is 15.2. The number of aromatic carboxylic acids is 1. The lowest BCUT2D eigenvalue weighted by atomic mass is 10.0. The second-order valence-electron chi connectivity index (χ2n) is 3.96. The molecule has 1 aromatic heterocycles. The summed E-state index contributed by atoms with van der Waals surface area (Å²) in [6, 6.07) is 4.22. The molecule has 0 spiro atoms. The molecule has 0 saturated heterocycles. The SMILES string of the molecule is CCCn1cc(-c2cccc(F)c2C(=O)O)cn1. The largest absolute Gasteiger partial charge is 0.478 e. The van der Waals surface area contributed by atoms with Crippen molar-refractivity contribution in [2.24, 2.45) is 0 Å². The van der Waals surface area contributed by atoms with Crippen LogP contribution in [0.15, 0.2) is 30.6 Å². The molecule has 0 bridgehead atoms. The normalized spacial score (nSPS) is 10.6. The van der Waals surface area contributed by atoms with Crippen molar-refractivity contribution in [1.29, 1.82) is 0 Å². The van der Waals surface area contributed by atoms with Crippen molar-refractivity contribution in [3.63, 3.8) is 0 Å². The third-order valence-corrected chi connectivity index (χ3v) is 2.62. The van der Waals surface area contributed by atoms with Gasteiger partial charge in [0.25, 0.3) is 0 Å². The Morgan fingerprint density at radius 2 is 2.28 bits per heavy atom. The van der Waals surface area contributed by atoms with Crippen LogP contribution in [0.2, 0.25) is 0 Å². The number of nitrogens with zero attached hydrogens (tertiary/aromatic N) is 2. The number of carboxylic acids is 1. The van der Waals surface area contributed by atoms with Gasteiger partial charge >= 0.3 is 5.97 Å². The van der Waals surface area contributed by atoms with Crippen LogP contribution >= 0.6 is 0 Å². The van der Waals surface area contributed by atoms with E-state index in [1.54, 1.807) is 23.1 Å². The van der Waals surface area contributed by atoms with Crippen molar-refractivity contribution in [1.82, 2.24) is 9.78 Å². The topological polar surface area (TPSA) is 55.1 Å². The molecule has 1 aromatic carbocycles. The second-order valence-corrected chi connectivity index (χ2v) is 3.96. The molecule has 4 nitrogen and oxygen atoms in total. The number of hydrogen-bond acceptors (Lipinski definition) is 2. The Morgan fingerprint density at radius 1 is 1.50 bits per heavy atom. The first-order chi connectivity index (χ1) is 8.63. The zero-order valence-electron chi connectivity index (χ0n) is 9.93. The van der Waals surface area contributed by atoms with Crippen LogP contribution in [0.4, 0.5) is 4.39 Å². The average Bonchev–Trinajstić information content (AvgIpc) is 2.77. The van der Waals surface area contributed by atoms with Gasteiger partial charge in [0, 0.05) is 23.9 Å². The van der Waals surface area contributed by atoms with E-state index >= 15 is 0 Å². The summed E-state index contributed by atoms with van der Waals surface area (Å²) in [6.45, 7) is 2.77. The van der Waals surface area contributed by atoms with Crippen molar-refractivity contribution in [3.05, 3.63) is 42.0 Å². The molecule has 18 heavy (non-hydrogen) atoms. The number of rotatable bonds is 4. The van der Waals surface area contributed by atoms with E-state index in [0.29, 0.717) is 11.1 Å². The Morgan fingerprint density at radius 3 is 2.94 bits per heavy atom. The summed E-state index contributed by atoms with van der Waals surface area (Å²) in [7, 11) is 0. The van der Waals surface area contributed by atoms with Gasteiger partial charge in [-0.2, -0.15) is 5.10 Å². The van der Waals surface area contributed by atoms with Crippen LogP contribution in [0.3, 0.4) is 0 Å². The summed E-state index contributed by atoms with van der Waals surface area (Å²) in [4.78, 5) is 11.1. The van der Waals surface area contributed by atoms with E-state index in [1.165, 1.54) is 6.07 Å². The van der Waals surface area contributed by atoms with Gasteiger partial charge in [-0.1, -0.05) is 19.1 Å². The first-order valence-corrected chi connectivity index (χ1v) is 5.68. The van der Waals surface area contributed by atoms with Crippen LogP contribution in [0.1, 0.15) is 23.7 Å². The molecular formula is C13H13FN2O2. The van der Waals surface area contributed by atoms with E-state index in [1.807, 2.05) is 6.92 Å². The van der Waals surface area contributed by atoms with E-state index in [9.17, 15) is 9.18 Å². The summed E-state index contributed by atoms with van der Waals surface area (Å²) in [5.74, 6) is -2.01. The highest BCUT2D eigenvalue weighted by Crippen LogP contribution is 2.25. The Balaban J connectivity index is 2.49. The molecule has 0 aliphatic rings. The molecule has 2 rings (SSSR count). The van der Waals surface area contributed by atoms with Gasteiger partial charge in [0.1, 0.15) is 11.4 Å². The number of hydrogen-bond donors (Lipinski definition) is 1. The highest BCUT2D eigenvalue weighted by atomic mass is 19.1. The predicted octanol–water partition coefficient (Wildman–Crippen LogP) is 2.80. The molecule has 0 fully saturated rings. The van der Waals surface area contributed by atoms with Gasteiger partial charge in [0.15, 0.2) is 0 Å². The monoisotopic (exact) mass is 248 g/mol. The van der Waals surface area contributed by atoms with Crippen LogP contribution in [-0.4, -0.2) is 20.9 Å². The number of halogens is 1. The molecule has 0 aliphatic heterocycles. The maximum atomic E-state index is 13.5.